The number of carbonyl (C=O) groups is 1. The highest BCUT2D eigenvalue weighted by molar-refractivity contribution is 5.75. The number of nitrogens with zero attached hydrogens (tertiary/aromatic N) is 2. The summed E-state index contributed by atoms with van der Waals surface area (Å²) in [6.45, 7) is 0.252. The predicted octanol–water partition coefficient (Wildman–Crippen LogP) is -0.0792. The summed E-state index contributed by atoms with van der Waals surface area (Å²) in [5, 5.41) is 10.1. The standard InChI is InChI=1S/C11H19N5O/c1-13-11(17)7-16-6-10(5-14-16)15-9-3-2-8(12)4-9/h5-6,8-9,15H,2-4,7,12H2,1H3,(H,13,17). The molecule has 1 aliphatic carbocycles. The molecule has 2 atom stereocenters. The topological polar surface area (TPSA) is 85.0 Å². The molecule has 0 bridgehead atoms. The van der Waals surface area contributed by atoms with Crippen LogP contribution < -0.4 is 16.4 Å². The molecule has 17 heavy (non-hydrogen) atoms. The number of aromatic nitrogens is 2. The molecule has 0 aromatic carbocycles. The van der Waals surface area contributed by atoms with Crippen molar-refractivity contribution in [2.24, 2.45) is 5.73 Å². The van der Waals surface area contributed by atoms with Gasteiger partial charge in [-0.1, -0.05) is 0 Å². The van der Waals surface area contributed by atoms with E-state index in [9.17, 15) is 4.79 Å². The van der Waals surface area contributed by atoms with Gasteiger partial charge in [0, 0.05) is 25.3 Å². The number of amides is 1. The Morgan fingerprint density at radius 2 is 2.47 bits per heavy atom. The van der Waals surface area contributed by atoms with Crippen LogP contribution in [0.1, 0.15) is 19.3 Å². The summed E-state index contributed by atoms with van der Waals surface area (Å²) in [4.78, 5) is 11.2. The Balaban J connectivity index is 1.87. The van der Waals surface area contributed by atoms with Crippen molar-refractivity contribution in [3.63, 3.8) is 0 Å². The Bertz CT molecular complexity index is 389. The monoisotopic (exact) mass is 237 g/mol. The quantitative estimate of drug-likeness (QED) is 0.684. The van der Waals surface area contributed by atoms with Gasteiger partial charge in [0.1, 0.15) is 6.54 Å². The fourth-order valence-electron chi connectivity index (χ4n) is 2.13. The minimum atomic E-state index is -0.0532. The number of hydrogen-bond donors (Lipinski definition) is 3. The molecule has 1 amide bonds. The summed E-state index contributed by atoms with van der Waals surface area (Å²) in [7, 11) is 1.62. The first-order valence-electron chi connectivity index (χ1n) is 5.92. The first-order valence-corrected chi connectivity index (χ1v) is 5.92. The summed E-state index contributed by atoms with van der Waals surface area (Å²) in [5.41, 5.74) is 6.81. The van der Waals surface area contributed by atoms with Gasteiger partial charge < -0.3 is 16.4 Å². The minimum Gasteiger partial charge on any atom is -0.380 e. The lowest BCUT2D eigenvalue weighted by atomic mass is 10.2. The van der Waals surface area contributed by atoms with E-state index in [1.165, 1.54) is 0 Å². The van der Waals surface area contributed by atoms with Crippen molar-refractivity contribution in [3.05, 3.63) is 12.4 Å². The Labute approximate surface area is 101 Å². The molecule has 2 unspecified atom stereocenters. The fraction of sp³-hybridized carbons (Fsp3) is 0.636. The molecule has 1 heterocycles. The van der Waals surface area contributed by atoms with Crippen molar-refractivity contribution >= 4 is 11.6 Å². The molecule has 2 rings (SSSR count). The van der Waals surface area contributed by atoms with E-state index < -0.39 is 0 Å². The predicted molar refractivity (Wildman–Crippen MR) is 65.5 cm³/mol. The zero-order valence-corrected chi connectivity index (χ0v) is 10.0. The number of nitrogens with two attached hydrogens (primary N) is 1. The third kappa shape index (κ3) is 3.20. The van der Waals surface area contributed by atoms with E-state index in [1.807, 2.05) is 6.20 Å². The van der Waals surface area contributed by atoms with Gasteiger partial charge >= 0.3 is 0 Å². The molecule has 0 radical (unpaired) electrons. The number of rotatable bonds is 4. The zero-order chi connectivity index (χ0) is 12.3. The third-order valence-electron chi connectivity index (χ3n) is 3.06. The lowest BCUT2D eigenvalue weighted by Gasteiger charge is -2.11. The molecule has 4 N–H and O–H groups in total. The van der Waals surface area contributed by atoms with E-state index >= 15 is 0 Å². The van der Waals surface area contributed by atoms with Crippen LogP contribution >= 0.6 is 0 Å². The molecular weight excluding hydrogens is 218 g/mol. The average Bonchev–Trinajstić information content (AvgIpc) is 2.89. The average molecular weight is 237 g/mol. The SMILES string of the molecule is CNC(=O)Cn1cc(NC2CCC(N)C2)cn1. The number of likely N-dealkylation sites (N-methyl/N-ethyl adjacent to an activating group) is 1. The van der Waals surface area contributed by atoms with E-state index in [0.717, 1.165) is 24.9 Å². The fourth-order valence-corrected chi connectivity index (χ4v) is 2.13. The summed E-state index contributed by atoms with van der Waals surface area (Å²) in [6, 6.07) is 0.746. The van der Waals surface area contributed by atoms with Crippen molar-refractivity contribution in [2.45, 2.75) is 37.9 Å². The van der Waals surface area contributed by atoms with Gasteiger partial charge in [-0.15, -0.1) is 0 Å². The van der Waals surface area contributed by atoms with E-state index in [1.54, 1.807) is 17.9 Å². The molecule has 1 saturated carbocycles. The van der Waals surface area contributed by atoms with Crippen LogP contribution in [0, 0.1) is 0 Å². The zero-order valence-electron chi connectivity index (χ0n) is 10.0. The first kappa shape index (κ1) is 11.9. The van der Waals surface area contributed by atoms with Crippen molar-refractivity contribution in [2.75, 3.05) is 12.4 Å². The van der Waals surface area contributed by atoms with Crippen LogP contribution in [-0.2, 0) is 11.3 Å². The third-order valence-corrected chi connectivity index (χ3v) is 3.06. The van der Waals surface area contributed by atoms with Crippen molar-refractivity contribution in [1.29, 1.82) is 0 Å². The highest BCUT2D eigenvalue weighted by Gasteiger charge is 2.21. The highest BCUT2D eigenvalue weighted by atomic mass is 16.1. The summed E-state index contributed by atoms with van der Waals surface area (Å²) in [5.74, 6) is -0.0532. The largest absolute Gasteiger partial charge is 0.380 e. The van der Waals surface area contributed by atoms with Gasteiger partial charge in [-0.05, 0) is 19.3 Å². The van der Waals surface area contributed by atoms with Gasteiger partial charge in [-0.3, -0.25) is 9.48 Å². The molecule has 0 saturated heterocycles. The van der Waals surface area contributed by atoms with Crippen LogP contribution in [0.5, 0.6) is 0 Å². The van der Waals surface area contributed by atoms with Crippen molar-refractivity contribution < 1.29 is 4.79 Å². The lowest BCUT2D eigenvalue weighted by Crippen LogP contribution is -2.23. The molecule has 1 fully saturated rings. The summed E-state index contributed by atoms with van der Waals surface area (Å²) >= 11 is 0. The molecule has 6 heteroatoms. The molecular formula is C11H19N5O. The Morgan fingerprint density at radius 3 is 3.12 bits per heavy atom. The molecule has 1 aromatic heterocycles. The second kappa shape index (κ2) is 5.18. The molecule has 0 aliphatic heterocycles. The van der Waals surface area contributed by atoms with E-state index in [4.69, 9.17) is 5.73 Å². The van der Waals surface area contributed by atoms with E-state index in [0.29, 0.717) is 12.1 Å². The lowest BCUT2D eigenvalue weighted by molar-refractivity contribution is -0.121. The molecule has 1 aliphatic rings. The Kier molecular flexibility index (Phi) is 3.63. The van der Waals surface area contributed by atoms with Gasteiger partial charge in [-0.2, -0.15) is 5.10 Å². The van der Waals surface area contributed by atoms with Crippen LogP contribution in [0.2, 0.25) is 0 Å². The second-order valence-corrected chi connectivity index (χ2v) is 4.51. The van der Waals surface area contributed by atoms with Gasteiger partial charge in [0.15, 0.2) is 0 Å². The molecule has 1 aromatic rings. The smallest absolute Gasteiger partial charge is 0.241 e. The maximum Gasteiger partial charge on any atom is 0.241 e. The first-order chi connectivity index (χ1) is 8.17. The van der Waals surface area contributed by atoms with Crippen molar-refractivity contribution in [1.82, 2.24) is 15.1 Å². The molecule has 94 valence electrons. The van der Waals surface area contributed by atoms with Gasteiger partial charge in [-0.25, -0.2) is 0 Å². The second-order valence-electron chi connectivity index (χ2n) is 4.51. The number of nitrogens with one attached hydrogen (secondary N) is 2. The minimum absolute atomic E-state index is 0.0532. The maximum absolute atomic E-state index is 11.2. The van der Waals surface area contributed by atoms with Crippen LogP contribution in [0.3, 0.4) is 0 Å². The number of hydrogen-bond acceptors (Lipinski definition) is 4. The summed E-state index contributed by atoms with van der Waals surface area (Å²) < 4.78 is 1.62. The molecule has 6 nitrogen and oxygen atoms in total. The Morgan fingerprint density at radius 1 is 1.65 bits per heavy atom. The van der Waals surface area contributed by atoms with Gasteiger partial charge in [0.25, 0.3) is 0 Å². The summed E-state index contributed by atoms with van der Waals surface area (Å²) in [6.07, 6.45) is 6.76. The van der Waals surface area contributed by atoms with Crippen LogP contribution in [0.4, 0.5) is 5.69 Å². The number of carbonyl (C=O) groups excluding carboxylic acids is 1. The Hall–Kier alpha value is -1.56. The van der Waals surface area contributed by atoms with E-state index in [2.05, 4.69) is 15.7 Å². The molecule has 0 spiro atoms. The van der Waals surface area contributed by atoms with Crippen LogP contribution in [0.25, 0.3) is 0 Å². The van der Waals surface area contributed by atoms with Crippen molar-refractivity contribution in [3.8, 4) is 0 Å². The normalized spacial score (nSPS) is 23.6. The van der Waals surface area contributed by atoms with Crippen LogP contribution in [0.15, 0.2) is 12.4 Å². The highest BCUT2D eigenvalue weighted by Crippen LogP contribution is 2.21. The van der Waals surface area contributed by atoms with Gasteiger partial charge in [0.2, 0.25) is 5.91 Å². The van der Waals surface area contributed by atoms with Gasteiger partial charge in [0.05, 0.1) is 11.9 Å². The van der Waals surface area contributed by atoms with Crippen LogP contribution in [-0.4, -0.2) is 34.8 Å². The number of anilines is 1. The van der Waals surface area contributed by atoms with E-state index in [-0.39, 0.29) is 12.5 Å². The maximum atomic E-state index is 11.2.